The number of fused-ring (bicyclic) bond motifs is 2. The number of amides is 1. The lowest BCUT2D eigenvalue weighted by Gasteiger charge is -2.42. The van der Waals surface area contributed by atoms with E-state index in [-0.39, 0.29) is 0 Å². The van der Waals surface area contributed by atoms with Gasteiger partial charge < -0.3 is 14.4 Å². The highest BCUT2D eigenvalue weighted by Crippen LogP contribution is 2.64. The van der Waals surface area contributed by atoms with Crippen molar-refractivity contribution < 1.29 is 19.1 Å². The monoisotopic (exact) mass is 414 g/mol. The number of hydrogen-bond acceptors (Lipinski definition) is 7. The third-order valence-corrected chi connectivity index (χ3v) is 6.22. The summed E-state index contributed by atoms with van der Waals surface area (Å²) in [6, 6.07) is 17.2. The molecule has 2 aromatic carbocycles. The fraction of sp³-hybridized carbons (Fsp3) is 0.261. The normalized spacial score (nSPS) is 25.1. The number of ether oxygens (including phenoxy) is 2. The number of anilines is 1. The number of carbonyl (C=O) groups excluding carboxylic acids is 2. The number of nitriles is 2. The Hall–Kier alpha value is -4.17. The quantitative estimate of drug-likeness (QED) is 0.710. The predicted octanol–water partition coefficient (Wildman–Crippen LogP) is 2.10. The Morgan fingerprint density at radius 1 is 1.06 bits per heavy atom. The topological polar surface area (TPSA) is 116 Å². The zero-order chi connectivity index (χ0) is 22.4. The molecule has 0 saturated carbocycles. The summed E-state index contributed by atoms with van der Waals surface area (Å²) in [6.07, 6.45) is 1.11. The molecule has 4 rings (SSSR count). The van der Waals surface area contributed by atoms with Gasteiger partial charge >= 0.3 is 5.97 Å². The highest BCUT2D eigenvalue weighted by atomic mass is 16.5. The van der Waals surface area contributed by atoms with Crippen LogP contribution >= 0.6 is 0 Å². The molecule has 0 bridgehead atoms. The lowest BCUT2D eigenvalue weighted by atomic mass is 9.53. The second kappa shape index (κ2) is 6.68. The van der Waals surface area contributed by atoms with Gasteiger partial charge in [-0.3, -0.25) is 9.79 Å². The number of benzene rings is 2. The Morgan fingerprint density at radius 2 is 1.71 bits per heavy atom. The van der Waals surface area contributed by atoms with Gasteiger partial charge in [-0.15, -0.1) is 0 Å². The summed E-state index contributed by atoms with van der Waals surface area (Å²) in [4.78, 5) is 33.2. The molecular weight excluding hydrogens is 396 g/mol. The van der Waals surface area contributed by atoms with Crippen LogP contribution in [0.1, 0.15) is 11.1 Å². The van der Waals surface area contributed by atoms with Crippen molar-refractivity contribution in [1.29, 1.82) is 10.5 Å². The highest BCUT2D eigenvalue weighted by molar-refractivity contribution is 6.18. The molecule has 0 aliphatic carbocycles. The van der Waals surface area contributed by atoms with Gasteiger partial charge in [0, 0.05) is 18.9 Å². The molecular formula is C23H18N4O4. The van der Waals surface area contributed by atoms with E-state index in [4.69, 9.17) is 9.47 Å². The molecule has 1 spiro atoms. The van der Waals surface area contributed by atoms with E-state index in [0.717, 1.165) is 6.21 Å². The maximum atomic E-state index is 14.0. The van der Waals surface area contributed by atoms with Crippen molar-refractivity contribution in [3.05, 3.63) is 59.7 Å². The number of para-hydroxylation sites is 1. The van der Waals surface area contributed by atoms with Crippen LogP contribution in [0.3, 0.4) is 0 Å². The van der Waals surface area contributed by atoms with E-state index in [1.165, 1.54) is 19.1 Å². The number of esters is 1. The average molecular weight is 414 g/mol. The van der Waals surface area contributed by atoms with Crippen molar-refractivity contribution in [3.8, 4) is 17.9 Å². The molecule has 2 heterocycles. The lowest BCUT2D eigenvalue weighted by molar-refractivity contribution is -0.154. The summed E-state index contributed by atoms with van der Waals surface area (Å²) in [5.41, 5.74) is -4.84. The molecule has 2 aliphatic rings. The van der Waals surface area contributed by atoms with Crippen molar-refractivity contribution in [3.63, 3.8) is 0 Å². The molecule has 31 heavy (non-hydrogen) atoms. The first kappa shape index (κ1) is 20.1. The number of aliphatic imine (C=N–C) groups is 1. The minimum atomic E-state index is -2.04. The Balaban J connectivity index is 2.19. The summed E-state index contributed by atoms with van der Waals surface area (Å²) in [5, 5.41) is 20.4. The molecule has 2 aliphatic heterocycles. The minimum absolute atomic E-state index is 0.308. The van der Waals surface area contributed by atoms with Gasteiger partial charge in [0.05, 0.1) is 26.4 Å². The molecule has 8 nitrogen and oxygen atoms in total. The smallest absolute Gasteiger partial charge is 0.340 e. The first-order valence-electron chi connectivity index (χ1n) is 9.39. The Labute approximate surface area is 178 Å². The summed E-state index contributed by atoms with van der Waals surface area (Å²) in [6.45, 7) is 0. The maximum Gasteiger partial charge on any atom is 0.340 e. The standard InChI is InChI=1S/C23H18N4O4/c1-27-18-7-5-4-6-17(18)22(19(27)28)21(12-24,13-25)14-26-23(22,20(29)31-3)15-8-10-16(30-2)11-9-15/h4-11,14H,1-3H3/t22-,23+/m1/s1. The summed E-state index contributed by atoms with van der Waals surface area (Å²) in [5.74, 6) is -0.905. The molecule has 0 N–H and O–H groups in total. The van der Waals surface area contributed by atoms with Crippen LogP contribution in [0.5, 0.6) is 5.75 Å². The van der Waals surface area contributed by atoms with Crippen LogP contribution in [0.4, 0.5) is 5.69 Å². The van der Waals surface area contributed by atoms with Crippen LogP contribution in [0.2, 0.25) is 0 Å². The number of methoxy groups -OCH3 is 2. The Morgan fingerprint density at radius 3 is 2.29 bits per heavy atom. The SMILES string of the molecule is COC(=O)[C@]1(c2ccc(OC)cc2)N=CC(C#N)(C#N)[C@@]12C(=O)N(C)c1ccccc12. The second-order valence-corrected chi connectivity index (χ2v) is 7.35. The molecule has 0 saturated heterocycles. The summed E-state index contributed by atoms with van der Waals surface area (Å²) < 4.78 is 10.4. The molecule has 2 aromatic rings. The Bertz CT molecular complexity index is 1190. The van der Waals surface area contributed by atoms with Crippen molar-refractivity contribution in [2.75, 3.05) is 26.2 Å². The van der Waals surface area contributed by atoms with Gasteiger partial charge in [-0.25, -0.2) is 4.79 Å². The zero-order valence-corrected chi connectivity index (χ0v) is 17.1. The summed E-state index contributed by atoms with van der Waals surface area (Å²) in [7, 11) is 4.23. The van der Waals surface area contributed by atoms with Gasteiger partial charge in [0.2, 0.25) is 11.4 Å². The third-order valence-electron chi connectivity index (χ3n) is 6.22. The minimum Gasteiger partial charge on any atom is -0.497 e. The van der Waals surface area contributed by atoms with Gasteiger partial charge in [0.25, 0.3) is 0 Å². The molecule has 2 atom stereocenters. The molecule has 1 amide bonds. The molecule has 154 valence electrons. The predicted molar refractivity (Wildman–Crippen MR) is 110 cm³/mol. The van der Waals surface area contributed by atoms with E-state index in [1.54, 1.807) is 55.6 Å². The van der Waals surface area contributed by atoms with Crippen LogP contribution in [-0.4, -0.2) is 39.4 Å². The molecule has 0 radical (unpaired) electrons. The van der Waals surface area contributed by atoms with E-state index in [0.29, 0.717) is 22.6 Å². The van der Waals surface area contributed by atoms with Crippen molar-refractivity contribution in [2.45, 2.75) is 11.0 Å². The van der Waals surface area contributed by atoms with Crippen LogP contribution in [0.25, 0.3) is 0 Å². The van der Waals surface area contributed by atoms with Gasteiger partial charge in [-0.2, -0.15) is 10.5 Å². The van der Waals surface area contributed by atoms with E-state index < -0.39 is 28.2 Å². The maximum absolute atomic E-state index is 14.0. The van der Waals surface area contributed by atoms with Crippen molar-refractivity contribution >= 4 is 23.8 Å². The second-order valence-electron chi connectivity index (χ2n) is 7.35. The van der Waals surface area contributed by atoms with Crippen LogP contribution < -0.4 is 9.64 Å². The van der Waals surface area contributed by atoms with Crippen LogP contribution in [0.15, 0.2) is 53.5 Å². The number of nitrogens with zero attached hydrogens (tertiary/aromatic N) is 4. The largest absolute Gasteiger partial charge is 0.497 e. The molecule has 0 fully saturated rings. The van der Waals surface area contributed by atoms with E-state index in [2.05, 4.69) is 4.99 Å². The molecule has 0 aromatic heterocycles. The zero-order valence-electron chi connectivity index (χ0n) is 17.1. The van der Waals surface area contributed by atoms with Crippen LogP contribution in [0, 0.1) is 28.1 Å². The van der Waals surface area contributed by atoms with Crippen LogP contribution in [-0.2, 0) is 25.3 Å². The first-order valence-corrected chi connectivity index (χ1v) is 9.39. The highest BCUT2D eigenvalue weighted by Gasteiger charge is 2.80. The van der Waals surface area contributed by atoms with Gasteiger partial charge in [0.1, 0.15) is 5.75 Å². The fourth-order valence-electron chi connectivity index (χ4n) is 4.81. The lowest BCUT2D eigenvalue weighted by Crippen LogP contribution is -2.63. The summed E-state index contributed by atoms with van der Waals surface area (Å²) >= 11 is 0. The Kier molecular flexibility index (Phi) is 4.33. The van der Waals surface area contributed by atoms with Gasteiger partial charge in [-0.1, -0.05) is 30.3 Å². The first-order chi connectivity index (χ1) is 14.9. The fourth-order valence-corrected chi connectivity index (χ4v) is 4.81. The van der Waals surface area contributed by atoms with E-state index in [1.807, 2.05) is 12.1 Å². The number of likely N-dealkylation sites (N-methyl/N-ethyl adjacent to an activating group) is 1. The van der Waals surface area contributed by atoms with E-state index in [9.17, 15) is 20.1 Å². The number of hydrogen-bond donors (Lipinski definition) is 0. The third kappa shape index (κ3) is 2.09. The number of carbonyl (C=O) groups is 2. The van der Waals surface area contributed by atoms with Gasteiger partial charge in [-0.05, 0) is 29.3 Å². The molecule has 8 heteroatoms. The van der Waals surface area contributed by atoms with Crippen molar-refractivity contribution in [1.82, 2.24) is 0 Å². The van der Waals surface area contributed by atoms with Crippen molar-refractivity contribution in [2.24, 2.45) is 10.4 Å². The van der Waals surface area contributed by atoms with E-state index >= 15 is 0 Å². The van der Waals surface area contributed by atoms with Gasteiger partial charge in [0.15, 0.2) is 10.8 Å². The average Bonchev–Trinajstić information content (AvgIpc) is 3.26. The molecule has 0 unspecified atom stereocenters. The number of rotatable bonds is 3.